The van der Waals surface area contributed by atoms with Crippen LogP contribution in [0.2, 0.25) is 0 Å². The second-order valence-electron chi connectivity index (χ2n) is 4.08. The summed E-state index contributed by atoms with van der Waals surface area (Å²) in [5.41, 5.74) is 3.44. The molecule has 1 heterocycles. The average Bonchev–Trinajstić information content (AvgIpc) is 2.41. The van der Waals surface area contributed by atoms with E-state index in [1.54, 1.807) is 0 Å². The molecule has 0 saturated carbocycles. The molecule has 0 fully saturated rings. The smallest absolute Gasteiger partial charge is 0.0431 e. The van der Waals surface area contributed by atoms with Gasteiger partial charge < -0.3 is 5.11 Å². The molecule has 0 amide bonds. The van der Waals surface area contributed by atoms with Crippen LogP contribution in [-0.4, -0.2) is 16.7 Å². The zero-order valence-corrected chi connectivity index (χ0v) is 9.84. The first-order valence-electron chi connectivity index (χ1n) is 6.01. The largest absolute Gasteiger partial charge is 0.396 e. The third-order valence-corrected chi connectivity index (χ3v) is 2.77. The van der Waals surface area contributed by atoms with E-state index in [1.165, 1.54) is 5.56 Å². The number of benzene rings is 1. The van der Waals surface area contributed by atoms with Gasteiger partial charge in [0.25, 0.3) is 0 Å². The van der Waals surface area contributed by atoms with Crippen molar-refractivity contribution in [2.75, 3.05) is 6.61 Å². The van der Waals surface area contributed by atoms with Crippen molar-refractivity contribution in [1.82, 2.24) is 4.98 Å². The van der Waals surface area contributed by atoms with Crippen LogP contribution in [0.4, 0.5) is 0 Å². The highest BCUT2D eigenvalue weighted by atomic mass is 16.2. The molecule has 2 nitrogen and oxygen atoms in total. The molecular weight excluding hydrogens is 210 g/mol. The lowest BCUT2D eigenvalue weighted by molar-refractivity contribution is 0.284. The van der Waals surface area contributed by atoms with Gasteiger partial charge in [0.15, 0.2) is 0 Å². The predicted octanol–water partition coefficient (Wildman–Crippen LogP) is 3.06. The lowest BCUT2D eigenvalue weighted by Gasteiger charge is -2.03. The molecule has 0 unspecified atom stereocenters. The number of nitrogens with zero attached hydrogens (tertiary/aromatic N) is 1. The van der Waals surface area contributed by atoms with Crippen LogP contribution in [0.5, 0.6) is 0 Å². The van der Waals surface area contributed by atoms with E-state index in [9.17, 15) is 0 Å². The number of aliphatic hydroxyl groups is 1. The highest BCUT2D eigenvalue weighted by Crippen LogP contribution is 2.18. The van der Waals surface area contributed by atoms with Crippen LogP contribution in [0.25, 0.3) is 11.1 Å². The minimum absolute atomic E-state index is 0.266. The Balaban J connectivity index is 2.03. The molecule has 17 heavy (non-hydrogen) atoms. The molecule has 2 rings (SSSR count). The van der Waals surface area contributed by atoms with E-state index >= 15 is 0 Å². The zero-order valence-electron chi connectivity index (χ0n) is 9.84. The fourth-order valence-electron chi connectivity index (χ4n) is 1.79. The van der Waals surface area contributed by atoms with Gasteiger partial charge in [0.1, 0.15) is 0 Å². The minimum atomic E-state index is 0.266. The SMILES string of the molecule is OCCCCc1ccc(-c2ccccc2)cn1. The van der Waals surface area contributed by atoms with Crippen molar-refractivity contribution in [3.05, 3.63) is 54.4 Å². The number of aryl methyl sites for hydroxylation is 1. The Bertz CT molecular complexity index is 436. The summed E-state index contributed by atoms with van der Waals surface area (Å²) in [6.07, 6.45) is 4.70. The lowest BCUT2D eigenvalue weighted by atomic mass is 10.1. The third kappa shape index (κ3) is 3.40. The zero-order chi connectivity index (χ0) is 11.9. The number of aliphatic hydroxyl groups excluding tert-OH is 1. The fraction of sp³-hybridized carbons (Fsp3) is 0.267. The van der Waals surface area contributed by atoms with Crippen molar-refractivity contribution in [3.8, 4) is 11.1 Å². The normalized spacial score (nSPS) is 10.4. The Kier molecular flexibility index (Phi) is 4.28. The minimum Gasteiger partial charge on any atom is -0.396 e. The Labute approximate surface area is 102 Å². The summed E-state index contributed by atoms with van der Waals surface area (Å²) in [5, 5.41) is 8.72. The molecule has 0 radical (unpaired) electrons. The Morgan fingerprint density at radius 2 is 1.71 bits per heavy atom. The van der Waals surface area contributed by atoms with Crippen molar-refractivity contribution >= 4 is 0 Å². The molecule has 2 heteroatoms. The van der Waals surface area contributed by atoms with Crippen LogP contribution >= 0.6 is 0 Å². The van der Waals surface area contributed by atoms with Crippen LogP contribution in [0, 0.1) is 0 Å². The molecule has 0 saturated heterocycles. The first kappa shape index (κ1) is 11.8. The van der Waals surface area contributed by atoms with E-state index in [0.29, 0.717) is 0 Å². The molecule has 1 N–H and O–H groups in total. The van der Waals surface area contributed by atoms with Gasteiger partial charge >= 0.3 is 0 Å². The maximum absolute atomic E-state index is 8.72. The van der Waals surface area contributed by atoms with Crippen LogP contribution in [0.1, 0.15) is 18.5 Å². The summed E-state index contributed by atoms with van der Waals surface area (Å²) in [6, 6.07) is 14.4. The molecule has 88 valence electrons. The lowest BCUT2D eigenvalue weighted by Crippen LogP contribution is -1.92. The van der Waals surface area contributed by atoms with Crippen molar-refractivity contribution in [1.29, 1.82) is 0 Å². The van der Waals surface area contributed by atoms with E-state index in [-0.39, 0.29) is 6.61 Å². The van der Waals surface area contributed by atoms with E-state index in [4.69, 9.17) is 5.11 Å². The summed E-state index contributed by atoms with van der Waals surface area (Å²) in [5.74, 6) is 0. The molecule has 0 spiro atoms. The number of hydrogen-bond donors (Lipinski definition) is 1. The summed E-state index contributed by atoms with van der Waals surface area (Å²) in [4.78, 5) is 4.45. The van der Waals surface area contributed by atoms with E-state index < -0.39 is 0 Å². The fourth-order valence-corrected chi connectivity index (χ4v) is 1.79. The van der Waals surface area contributed by atoms with Crippen LogP contribution in [-0.2, 0) is 6.42 Å². The number of unbranched alkanes of at least 4 members (excludes halogenated alkanes) is 1. The van der Waals surface area contributed by atoms with E-state index in [2.05, 4.69) is 29.2 Å². The van der Waals surface area contributed by atoms with Gasteiger partial charge in [0.2, 0.25) is 0 Å². The summed E-state index contributed by atoms with van der Waals surface area (Å²) < 4.78 is 0. The van der Waals surface area contributed by atoms with Gasteiger partial charge in [-0.1, -0.05) is 36.4 Å². The first-order chi connectivity index (χ1) is 8.40. The number of rotatable bonds is 5. The number of aromatic nitrogens is 1. The van der Waals surface area contributed by atoms with E-state index in [1.807, 2.05) is 24.4 Å². The second-order valence-corrected chi connectivity index (χ2v) is 4.08. The monoisotopic (exact) mass is 227 g/mol. The highest BCUT2D eigenvalue weighted by molar-refractivity contribution is 5.62. The van der Waals surface area contributed by atoms with Crippen molar-refractivity contribution in [2.24, 2.45) is 0 Å². The van der Waals surface area contributed by atoms with Crippen LogP contribution in [0.15, 0.2) is 48.7 Å². The standard InChI is InChI=1S/C15H17NO/c17-11-5-4-8-15-10-9-14(12-16-15)13-6-2-1-3-7-13/h1-3,6-7,9-10,12,17H,4-5,8,11H2. The molecular formula is C15H17NO. The van der Waals surface area contributed by atoms with Gasteiger partial charge in [-0.3, -0.25) is 4.98 Å². The molecule has 1 aromatic heterocycles. The van der Waals surface area contributed by atoms with Gasteiger partial charge in [-0.05, 0) is 30.9 Å². The average molecular weight is 227 g/mol. The quantitative estimate of drug-likeness (QED) is 0.796. The van der Waals surface area contributed by atoms with Gasteiger partial charge in [-0.2, -0.15) is 0 Å². The van der Waals surface area contributed by atoms with Gasteiger partial charge in [-0.25, -0.2) is 0 Å². The van der Waals surface area contributed by atoms with E-state index in [0.717, 1.165) is 30.5 Å². The van der Waals surface area contributed by atoms with Crippen molar-refractivity contribution in [3.63, 3.8) is 0 Å². The summed E-state index contributed by atoms with van der Waals surface area (Å²) in [6.45, 7) is 0.266. The highest BCUT2D eigenvalue weighted by Gasteiger charge is 1.98. The Morgan fingerprint density at radius 3 is 2.35 bits per heavy atom. The molecule has 0 atom stereocenters. The number of hydrogen-bond acceptors (Lipinski definition) is 2. The van der Waals surface area contributed by atoms with Crippen molar-refractivity contribution in [2.45, 2.75) is 19.3 Å². The predicted molar refractivity (Wildman–Crippen MR) is 69.7 cm³/mol. The summed E-state index contributed by atoms with van der Waals surface area (Å²) >= 11 is 0. The second kappa shape index (κ2) is 6.16. The summed E-state index contributed by atoms with van der Waals surface area (Å²) in [7, 11) is 0. The van der Waals surface area contributed by atoms with Crippen LogP contribution < -0.4 is 0 Å². The molecule has 0 bridgehead atoms. The van der Waals surface area contributed by atoms with Crippen molar-refractivity contribution < 1.29 is 5.11 Å². The van der Waals surface area contributed by atoms with Gasteiger partial charge in [0.05, 0.1) is 0 Å². The van der Waals surface area contributed by atoms with Gasteiger partial charge in [-0.15, -0.1) is 0 Å². The molecule has 1 aromatic carbocycles. The molecule has 2 aromatic rings. The molecule has 0 aliphatic carbocycles. The van der Waals surface area contributed by atoms with Crippen LogP contribution in [0.3, 0.4) is 0 Å². The maximum atomic E-state index is 8.72. The van der Waals surface area contributed by atoms with Gasteiger partial charge in [0, 0.05) is 24.1 Å². The molecule has 0 aliphatic rings. The Hall–Kier alpha value is -1.67. The molecule has 0 aliphatic heterocycles. The number of pyridine rings is 1. The Morgan fingerprint density at radius 1 is 0.882 bits per heavy atom. The topological polar surface area (TPSA) is 33.1 Å². The maximum Gasteiger partial charge on any atom is 0.0431 e. The first-order valence-corrected chi connectivity index (χ1v) is 6.01. The third-order valence-electron chi connectivity index (χ3n) is 2.77.